The van der Waals surface area contributed by atoms with Crippen molar-refractivity contribution in [3.8, 4) is 0 Å². The number of aryl methyl sites for hydroxylation is 1. The molecule has 2 rings (SSSR count). The van der Waals surface area contributed by atoms with Gasteiger partial charge in [0.25, 0.3) is 0 Å². The Labute approximate surface area is 94.7 Å². The van der Waals surface area contributed by atoms with E-state index in [4.69, 9.17) is 5.11 Å². The van der Waals surface area contributed by atoms with Crippen molar-refractivity contribution in [3.63, 3.8) is 0 Å². The number of anilines is 1. The zero-order valence-corrected chi connectivity index (χ0v) is 9.63. The molecule has 1 aliphatic heterocycles. The molecule has 1 fully saturated rings. The highest BCUT2D eigenvalue weighted by molar-refractivity contribution is 5.72. The fourth-order valence-electron chi connectivity index (χ4n) is 2.39. The first-order chi connectivity index (χ1) is 7.59. The van der Waals surface area contributed by atoms with Crippen molar-refractivity contribution >= 4 is 11.7 Å². The summed E-state index contributed by atoms with van der Waals surface area (Å²) in [4.78, 5) is 13.2. The van der Waals surface area contributed by atoms with Gasteiger partial charge in [0.2, 0.25) is 0 Å². The van der Waals surface area contributed by atoms with Gasteiger partial charge in [-0.05, 0) is 19.8 Å². The molecule has 0 saturated carbocycles. The van der Waals surface area contributed by atoms with E-state index >= 15 is 0 Å². The molecular formula is C11H17N3O2. The molecule has 88 valence electrons. The van der Waals surface area contributed by atoms with Gasteiger partial charge in [-0.25, -0.2) is 0 Å². The molecule has 0 spiro atoms. The van der Waals surface area contributed by atoms with Crippen molar-refractivity contribution in [1.82, 2.24) is 9.78 Å². The van der Waals surface area contributed by atoms with Gasteiger partial charge in [0.1, 0.15) is 0 Å². The summed E-state index contributed by atoms with van der Waals surface area (Å²) < 4.78 is 1.74. The van der Waals surface area contributed by atoms with Crippen molar-refractivity contribution in [2.45, 2.75) is 25.8 Å². The number of carboxylic acid groups (broad SMARTS) is 1. The van der Waals surface area contributed by atoms with Gasteiger partial charge in [-0.3, -0.25) is 9.48 Å². The van der Waals surface area contributed by atoms with Crippen LogP contribution in [0, 0.1) is 5.92 Å². The number of piperidine rings is 1. The van der Waals surface area contributed by atoms with Gasteiger partial charge in [0, 0.05) is 25.8 Å². The van der Waals surface area contributed by atoms with Crippen LogP contribution in [-0.4, -0.2) is 33.4 Å². The van der Waals surface area contributed by atoms with Gasteiger partial charge < -0.3 is 10.0 Å². The van der Waals surface area contributed by atoms with Crippen LogP contribution < -0.4 is 4.90 Å². The van der Waals surface area contributed by atoms with Crippen LogP contribution in [0.5, 0.6) is 0 Å². The van der Waals surface area contributed by atoms with E-state index in [9.17, 15) is 4.79 Å². The number of aliphatic carboxylic acids is 1. The van der Waals surface area contributed by atoms with Crippen LogP contribution in [-0.2, 0) is 11.8 Å². The van der Waals surface area contributed by atoms with Gasteiger partial charge in [0.05, 0.1) is 17.8 Å². The van der Waals surface area contributed by atoms with E-state index < -0.39 is 5.97 Å². The number of hydrogen-bond acceptors (Lipinski definition) is 3. The summed E-state index contributed by atoms with van der Waals surface area (Å²) in [6.07, 6.45) is 5.42. The van der Waals surface area contributed by atoms with E-state index in [0.717, 1.165) is 25.1 Å². The number of carboxylic acids is 1. The average Bonchev–Trinajstić information content (AvgIpc) is 2.64. The van der Waals surface area contributed by atoms with Crippen molar-refractivity contribution in [2.75, 3.05) is 11.4 Å². The highest BCUT2D eigenvalue weighted by Crippen LogP contribution is 2.28. The molecule has 2 heterocycles. The molecule has 0 radical (unpaired) electrons. The summed E-state index contributed by atoms with van der Waals surface area (Å²) in [5.74, 6) is -0.963. The standard InChI is InChI=1S/C11H17N3O2/c1-8-10(11(15)16)4-3-5-14(8)9-6-12-13(2)7-9/h6-8,10H,3-5H2,1-2H3,(H,15,16). The lowest BCUT2D eigenvalue weighted by Gasteiger charge is -2.38. The second kappa shape index (κ2) is 4.15. The molecule has 2 atom stereocenters. The van der Waals surface area contributed by atoms with E-state index in [0.29, 0.717) is 0 Å². The monoisotopic (exact) mass is 223 g/mol. The smallest absolute Gasteiger partial charge is 0.308 e. The third-order valence-electron chi connectivity index (χ3n) is 3.33. The van der Waals surface area contributed by atoms with Crippen molar-refractivity contribution in [1.29, 1.82) is 0 Å². The molecule has 0 amide bonds. The van der Waals surface area contributed by atoms with Crippen LogP contribution in [0.4, 0.5) is 5.69 Å². The third-order valence-corrected chi connectivity index (χ3v) is 3.33. The lowest BCUT2D eigenvalue weighted by atomic mass is 9.90. The van der Waals surface area contributed by atoms with Gasteiger partial charge in [-0.2, -0.15) is 5.10 Å². The van der Waals surface area contributed by atoms with Crippen molar-refractivity contribution in [2.24, 2.45) is 13.0 Å². The SMILES string of the molecule is CC1C(C(=O)O)CCCN1c1cnn(C)c1. The van der Waals surface area contributed by atoms with Crippen LogP contribution in [0.25, 0.3) is 0 Å². The summed E-state index contributed by atoms with van der Waals surface area (Å²) >= 11 is 0. The Morgan fingerprint density at radius 1 is 1.62 bits per heavy atom. The van der Waals surface area contributed by atoms with Crippen LogP contribution >= 0.6 is 0 Å². The van der Waals surface area contributed by atoms with E-state index in [1.54, 1.807) is 10.9 Å². The van der Waals surface area contributed by atoms with Gasteiger partial charge >= 0.3 is 5.97 Å². The highest BCUT2D eigenvalue weighted by Gasteiger charge is 2.33. The zero-order valence-electron chi connectivity index (χ0n) is 9.63. The van der Waals surface area contributed by atoms with Crippen LogP contribution in [0.2, 0.25) is 0 Å². The Morgan fingerprint density at radius 3 is 2.94 bits per heavy atom. The average molecular weight is 223 g/mol. The zero-order chi connectivity index (χ0) is 11.7. The van der Waals surface area contributed by atoms with Crippen molar-refractivity contribution in [3.05, 3.63) is 12.4 Å². The Balaban J connectivity index is 2.18. The quantitative estimate of drug-likeness (QED) is 0.816. The minimum atomic E-state index is -0.693. The highest BCUT2D eigenvalue weighted by atomic mass is 16.4. The summed E-state index contributed by atoms with van der Waals surface area (Å²) in [5, 5.41) is 13.3. The molecular weight excluding hydrogens is 206 g/mol. The molecule has 0 bridgehead atoms. The molecule has 0 aromatic carbocycles. The number of aromatic nitrogens is 2. The summed E-state index contributed by atoms with van der Waals surface area (Å²) in [6, 6.07) is 0.0375. The molecule has 16 heavy (non-hydrogen) atoms. The molecule has 1 saturated heterocycles. The molecule has 1 aromatic heterocycles. The Hall–Kier alpha value is -1.52. The molecule has 5 nitrogen and oxygen atoms in total. The fraction of sp³-hybridized carbons (Fsp3) is 0.636. The molecule has 1 aromatic rings. The second-order valence-electron chi connectivity index (χ2n) is 4.39. The molecule has 1 aliphatic rings. The van der Waals surface area contributed by atoms with E-state index in [2.05, 4.69) is 10.00 Å². The Kier molecular flexibility index (Phi) is 2.85. The maximum atomic E-state index is 11.1. The first kappa shape index (κ1) is 11.0. The first-order valence-corrected chi connectivity index (χ1v) is 5.57. The maximum Gasteiger partial charge on any atom is 0.308 e. The molecule has 5 heteroatoms. The predicted octanol–water partition coefficient (Wildman–Crippen LogP) is 1.11. The van der Waals surface area contributed by atoms with Crippen LogP contribution in [0.3, 0.4) is 0 Å². The van der Waals surface area contributed by atoms with Gasteiger partial charge in [-0.15, -0.1) is 0 Å². The van der Waals surface area contributed by atoms with Crippen molar-refractivity contribution < 1.29 is 9.90 Å². The summed E-state index contributed by atoms with van der Waals surface area (Å²) in [7, 11) is 1.87. The predicted molar refractivity (Wildman–Crippen MR) is 60.4 cm³/mol. The fourth-order valence-corrected chi connectivity index (χ4v) is 2.39. The minimum absolute atomic E-state index is 0.0375. The van der Waals surface area contributed by atoms with Crippen LogP contribution in [0.1, 0.15) is 19.8 Å². The summed E-state index contributed by atoms with van der Waals surface area (Å²) in [5.41, 5.74) is 1.01. The number of carbonyl (C=O) groups is 1. The van der Waals surface area contributed by atoms with E-state index in [1.165, 1.54) is 0 Å². The second-order valence-corrected chi connectivity index (χ2v) is 4.39. The van der Waals surface area contributed by atoms with Gasteiger partial charge in [0.15, 0.2) is 0 Å². The first-order valence-electron chi connectivity index (χ1n) is 5.57. The van der Waals surface area contributed by atoms with Gasteiger partial charge in [-0.1, -0.05) is 0 Å². The molecule has 0 aliphatic carbocycles. The largest absolute Gasteiger partial charge is 0.481 e. The molecule has 1 N–H and O–H groups in total. The summed E-state index contributed by atoms with van der Waals surface area (Å²) in [6.45, 7) is 2.89. The Morgan fingerprint density at radius 2 is 2.38 bits per heavy atom. The Bertz CT molecular complexity index is 388. The topological polar surface area (TPSA) is 58.4 Å². The number of hydrogen-bond donors (Lipinski definition) is 1. The molecule has 2 unspecified atom stereocenters. The number of rotatable bonds is 2. The minimum Gasteiger partial charge on any atom is -0.481 e. The lowest BCUT2D eigenvalue weighted by molar-refractivity contribution is -0.143. The van der Waals surface area contributed by atoms with E-state index in [1.807, 2.05) is 20.2 Å². The number of nitrogens with zero attached hydrogens (tertiary/aromatic N) is 3. The van der Waals surface area contributed by atoms with E-state index in [-0.39, 0.29) is 12.0 Å². The normalized spacial score (nSPS) is 25.8. The maximum absolute atomic E-state index is 11.1. The third kappa shape index (κ3) is 1.89. The van der Waals surface area contributed by atoms with Crippen LogP contribution in [0.15, 0.2) is 12.4 Å². The lowest BCUT2D eigenvalue weighted by Crippen LogP contribution is -2.46.